The van der Waals surface area contributed by atoms with Gasteiger partial charge >= 0.3 is 0 Å². The third-order valence-corrected chi connectivity index (χ3v) is 3.67. The molecular formula is C20H23N3O5. The lowest BCUT2D eigenvalue weighted by molar-refractivity contribution is -0.124. The molecule has 2 amide bonds. The highest BCUT2D eigenvalue weighted by Gasteiger charge is 2.08. The Morgan fingerprint density at radius 1 is 1.11 bits per heavy atom. The summed E-state index contributed by atoms with van der Waals surface area (Å²) in [6, 6.07) is 11.9. The van der Waals surface area contributed by atoms with E-state index in [0.29, 0.717) is 23.6 Å². The van der Waals surface area contributed by atoms with Crippen LogP contribution in [0.15, 0.2) is 47.6 Å². The van der Waals surface area contributed by atoms with Crippen LogP contribution in [0, 0.1) is 0 Å². The predicted octanol–water partition coefficient (Wildman–Crippen LogP) is 2.67. The van der Waals surface area contributed by atoms with Gasteiger partial charge in [0, 0.05) is 24.1 Å². The first-order valence-electron chi connectivity index (χ1n) is 8.74. The molecule has 2 aromatic carbocycles. The smallest absolute Gasteiger partial charge is 0.240 e. The van der Waals surface area contributed by atoms with Crippen molar-refractivity contribution in [2.75, 3.05) is 19.0 Å². The second kappa shape index (κ2) is 10.6. The number of hydrogen-bond donors (Lipinski definition) is 3. The number of phenolic OH excluding ortho intramolecular Hbond substituents is 1. The number of ether oxygens (including phenoxy) is 2. The van der Waals surface area contributed by atoms with Crippen LogP contribution in [-0.2, 0) is 9.59 Å². The van der Waals surface area contributed by atoms with Crippen molar-refractivity contribution in [3.8, 4) is 17.2 Å². The van der Waals surface area contributed by atoms with E-state index in [-0.39, 0.29) is 24.5 Å². The van der Waals surface area contributed by atoms with Gasteiger partial charge in [-0.05, 0) is 43.3 Å². The molecular weight excluding hydrogens is 362 g/mol. The van der Waals surface area contributed by atoms with E-state index in [9.17, 15) is 14.7 Å². The van der Waals surface area contributed by atoms with E-state index < -0.39 is 5.91 Å². The minimum atomic E-state index is -0.416. The maximum Gasteiger partial charge on any atom is 0.240 e. The summed E-state index contributed by atoms with van der Waals surface area (Å²) in [5.74, 6) is 0.257. The summed E-state index contributed by atoms with van der Waals surface area (Å²) >= 11 is 0. The number of benzene rings is 2. The second-order valence-corrected chi connectivity index (χ2v) is 5.70. The van der Waals surface area contributed by atoms with Crippen LogP contribution in [-0.4, -0.2) is 36.9 Å². The number of para-hydroxylation sites is 1. The van der Waals surface area contributed by atoms with Gasteiger partial charge in [0.25, 0.3) is 0 Å². The Balaban J connectivity index is 1.76. The molecule has 0 aromatic heterocycles. The van der Waals surface area contributed by atoms with Crippen molar-refractivity contribution < 1.29 is 24.2 Å². The Hall–Kier alpha value is -3.55. The van der Waals surface area contributed by atoms with E-state index >= 15 is 0 Å². The SMILES string of the molecule is CCOc1ccc(NC(=O)CCC(=O)N/N=C/c2cccc(OC)c2O)cc1. The van der Waals surface area contributed by atoms with E-state index in [2.05, 4.69) is 15.8 Å². The highest BCUT2D eigenvalue weighted by Crippen LogP contribution is 2.27. The lowest BCUT2D eigenvalue weighted by atomic mass is 10.2. The predicted molar refractivity (Wildman–Crippen MR) is 106 cm³/mol. The average Bonchev–Trinajstić information content (AvgIpc) is 2.69. The molecule has 0 atom stereocenters. The van der Waals surface area contributed by atoms with E-state index in [1.165, 1.54) is 13.3 Å². The zero-order chi connectivity index (χ0) is 20.4. The monoisotopic (exact) mass is 385 g/mol. The third kappa shape index (κ3) is 6.31. The van der Waals surface area contributed by atoms with Gasteiger partial charge in [0.2, 0.25) is 11.8 Å². The van der Waals surface area contributed by atoms with Gasteiger partial charge in [-0.15, -0.1) is 0 Å². The van der Waals surface area contributed by atoms with Gasteiger partial charge < -0.3 is 19.9 Å². The maximum atomic E-state index is 11.9. The Morgan fingerprint density at radius 3 is 2.50 bits per heavy atom. The number of methoxy groups -OCH3 is 1. The van der Waals surface area contributed by atoms with Crippen molar-refractivity contribution in [1.29, 1.82) is 0 Å². The minimum Gasteiger partial charge on any atom is -0.504 e. The van der Waals surface area contributed by atoms with Gasteiger partial charge in [0.15, 0.2) is 11.5 Å². The van der Waals surface area contributed by atoms with Gasteiger partial charge in [0.1, 0.15) is 5.75 Å². The van der Waals surface area contributed by atoms with Crippen LogP contribution in [0.1, 0.15) is 25.3 Å². The molecule has 3 N–H and O–H groups in total. The quantitative estimate of drug-likeness (QED) is 0.454. The van der Waals surface area contributed by atoms with E-state index in [1.54, 1.807) is 42.5 Å². The molecule has 0 radical (unpaired) electrons. The number of hydrogen-bond acceptors (Lipinski definition) is 6. The normalized spacial score (nSPS) is 10.5. The van der Waals surface area contributed by atoms with Crippen LogP contribution in [0.2, 0.25) is 0 Å². The van der Waals surface area contributed by atoms with Gasteiger partial charge in [0.05, 0.1) is 19.9 Å². The molecule has 0 saturated carbocycles. The van der Waals surface area contributed by atoms with Crippen LogP contribution in [0.4, 0.5) is 5.69 Å². The topological polar surface area (TPSA) is 109 Å². The van der Waals surface area contributed by atoms with Gasteiger partial charge in [-0.1, -0.05) is 6.07 Å². The Morgan fingerprint density at radius 2 is 1.82 bits per heavy atom. The Kier molecular flexibility index (Phi) is 7.83. The summed E-state index contributed by atoms with van der Waals surface area (Å²) in [5.41, 5.74) is 3.34. The lowest BCUT2D eigenvalue weighted by Gasteiger charge is -2.07. The number of rotatable bonds is 9. The van der Waals surface area contributed by atoms with E-state index in [4.69, 9.17) is 9.47 Å². The summed E-state index contributed by atoms with van der Waals surface area (Å²) in [5, 5.41) is 16.4. The number of aromatic hydroxyl groups is 1. The fourth-order valence-corrected chi connectivity index (χ4v) is 2.29. The fourth-order valence-electron chi connectivity index (χ4n) is 2.29. The Labute approximate surface area is 163 Å². The lowest BCUT2D eigenvalue weighted by Crippen LogP contribution is -2.20. The largest absolute Gasteiger partial charge is 0.504 e. The molecule has 2 aromatic rings. The van der Waals surface area contributed by atoms with Gasteiger partial charge in [-0.3, -0.25) is 9.59 Å². The third-order valence-electron chi connectivity index (χ3n) is 3.67. The number of hydrazone groups is 1. The molecule has 0 fully saturated rings. The molecule has 0 aliphatic carbocycles. The molecule has 2 rings (SSSR count). The van der Waals surface area contributed by atoms with E-state index in [1.807, 2.05) is 6.92 Å². The fraction of sp³-hybridized carbons (Fsp3) is 0.250. The van der Waals surface area contributed by atoms with Crippen molar-refractivity contribution in [2.45, 2.75) is 19.8 Å². The first-order valence-corrected chi connectivity index (χ1v) is 8.74. The summed E-state index contributed by atoms with van der Waals surface area (Å²) in [6.45, 7) is 2.46. The molecule has 28 heavy (non-hydrogen) atoms. The molecule has 8 heteroatoms. The van der Waals surface area contributed by atoms with Crippen molar-refractivity contribution in [2.24, 2.45) is 5.10 Å². The van der Waals surface area contributed by atoms with Gasteiger partial charge in [-0.2, -0.15) is 5.10 Å². The van der Waals surface area contributed by atoms with E-state index in [0.717, 1.165) is 5.75 Å². The molecule has 0 spiro atoms. The molecule has 8 nitrogen and oxygen atoms in total. The number of amides is 2. The first-order chi connectivity index (χ1) is 13.5. The molecule has 0 heterocycles. The maximum absolute atomic E-state index is 11.9. The van der Waals surface area contributed by atoms with Crippen LogP contribution >= 0.6 is 0 Å². The summed E-state index contributed by atoms with van der Waals surface area (Å²) < 4.78 is 10.3. The number of carbonyl (C=O) groups excluding carboxylic acids is 2. The Bertz CT molecular complexity index is 834. The summed E-state index contributed by atoms with van der Waals surface area (Å²) in [4.78, 5) is 23.7. The molecule has 0 aliphatic rings. The minimum absolute atomic E-state index is 0.0129. The molecule has 0 aliphatic heterocycles. The molecule has 0 saturated heterocycles. The first kappa shape index (κ1) is 20.8. The highest BCUT2D eigenvalue weighted by molar-refractivity contribution is 5.93. The van der Waals surface area contributed by atoms with Crippen LogP contribution < -0.4 is 20.2 Å². The second-order valence-electron chi connectivity index (χ2n) is 5.70. The number of nitrogens with zero attached hydrogens (tertiary/aromatic N) is 1. The summed E-state index contributed by atoms with van der Waals surface area (Å²) in [7, 11) is 1.44. The number of phenols is 1. The standard InChI is InChI=1S/C20H23N3O5/c1-3-28-16-9-7-15(8-10-16)22-18(24)11-12-19(25)23-21-13-14-5-4-6-17(27-2)20(14)26/h4-10,13,26H,3,11-12H2,1-2H3,(H,22,24)(H,23,25)/b21-13+. The average molecular weight is 385 g/mol. The van der Waals surface area contributed by atoms with Crippen LogP contribution in [0.25, 0.3) is 0 Å². The summed E-state index contributed by atoms with van der Waals surface area (Å²) in [6.07, 6.45) is 1.29. The van der Waals surface area contributed by atoms with Crippen LogP contribution in [0.5, 0.6) is 17.2 Å². The van der Waals surface area contributed by atoms with Crippen molar-refractivity contribution in [1.82, 2.24) is 5.43 Å². The molecule has 148 valence electrons. The number of anilines is 1. The van der Waals surface area contributed by atoms with Crippen molar-refractivity contribution in [3.63, 3.8) is 0 Å². The van der Waals surface area contributed by atoms with Crippen molar-refractivity contribution in [3.05, 3.63) is 48.0 Å². The number of nitrogens with one attached hydrogen (secondary N) is 2. The number of carbonyl (C=O) groups is 2. The highest BCUT2D eigenvalue weighted by atomic mass is 16.5. The molecule has 0 unspecified atom stereocenters. The molecule has 0 bridgehead atoms. The zero-order valence-electron chi connectivity index (χ0n) is 15.8. The van der Waals surface area contributed by atoms with Crippen LogP contribution in [0.3, 0.4) is 0 Å². The zero-order valence-corrected chi connectivity index (χ0v) is 15.8. The van der Waals surface area contributed by atoms with Crippen molar-refractivity contribution >= 4 is 23.7 Å². The van der Waals surface area contributed by atoms with Gasteiger partial charge in [-0.25, -0.2) is 5.43 Å².